The van der Waals surface area contributed by atoms with E-state index in [0.717, 1.165) is 5.92 Å². The van der Waals surface area contributed by atoms with Crippen LogP contribution in [0.2, 0.25) is 10.0 Å². The Bertz CT molecular complexity index is 386. The van der Waals surface area contributed by atoms with Crippen LogP contribution in [0.4, 0.5) is 0 Å². The van der Waals surface area contributed by atoms with E-state index in [-0.39, 0.29) is 0 Å². The molecule has 1 nitrogen and oxygen atoms in total. The molecule has 18 heavy (non-hydrogen) atoms. The number of rotatable bonds is 5. The average molecular weight is 286 g/mol. The van der Waals surface area contributed by atoms with Crippen molar-refractivity contribution in [2.24, 2.45) is 5.92 Å². The molecule has 1 unspecified atom stereocenters. The molecule has 2 rings (SSSR count). The number of halogens is 2. The third kappa shape index (κ3) is 3.63. The Balaban J connectivity index is 1.96. The van der Waals surface area contributed by atoms with E-state index in [1.807, 2.05) is 19.2 Å². The van der Waals surface area contributed by atoms with Crippen molar-refractivity contribution in [3.8, 4) is 0 Å². The van der Waals surface area contributed by atoms with Crippen LogP contribution in [0.15, 0.2) is 18.2 Å². The van der Waals surface area contributed by atoms with Gasteiger partial charge in [-0.2, -0.15) is 0 Å². The number of hydrogen-bond donors (Lipinski definition) is 1. The van der Waals surface area contributed by atoms with Gasteiger partial charge in [0.05, 0.1) is 10.0 Å². The maximum atomic E-state index is 6.08. The quantitative estimate of drug-likeness (QED) is 0.782. The zero-order chi connectivity index (χ0) is 13.0. The van der Waals surface area contributed by atoms with Gasteiger partial charge in [-0.25, -0.2) is 0 Å². The Morgan fingerprint density at radius 1 is 1.22 bits per heavy atom. The zero-order valence-corrected chi connectivity index (χ0v) is 12.4. The van der Waals surface area contributed by atoms with Crippen molar-refractivity contribution >= 4 is 23.2 Å². The summed E-state index contributed by atoms with van der Waals surface area (Å²) in [7, 11) is 2.02. The highest BCUT2D eigenvalue weighted by molar-refractivity contribution is 6.42. The molecule has 100 valence electrons. The fraction of sp³-hybridized carbons (Fsp3) is 0.600. The molecule has 1 fully saturated rings. The number of benzene rings is 1. The number of nitrogens with one attached hydrogen (secondary N) is 1. The molecule has 1 aliphatic carbocycles. The van der Waals surface area contributed by atoms with E-state index < -0.39 is 0 Å². The SMILES string of the molecule is CNC(CCC1CCCC1)c1ccc(Cl)c(Cl)c1. The van der Waals surface area contributed by atoms with E-state index in [1.165, 1.54) is 44.1 Å². The summed E-state index contributed by atoms with van der Waals surface area (Å²) in [5.74, 6) is 0.934. The molecular weight excluding hydrogens is 265 g/mol. The van der Waals surface area contributed by atoms with Crippen molar-refractivity contribution in [1.29, 1.82) is 0 Å². The molecule has 0 amide bonds. The summed E-state index contributed by atoms with van der Waals surface area (Å²) in [6, 6.07) is 6.34. The summed E-state index contributed by atoms with van der Waals surface area (Å²) in [5.41, 5.74) is 1.24. The molecule has 0 bridgehead atoms. The van der Waals surface area contributed by atoms with Gasteiger partial charge in [0.15, 0.2) is 0 Å². The van der Waals surface area contributed by atoms with E-state index in [4.69, 9.17) is 23.2 Å². The first-order valence-electron chi connectivity index (χ1n) is 6.83. The summed E-state index contributed by atoms with van der Waals surface area (Å²) >= 11 is 12.0. The smallest absolute Gasteiger partial charge is 0.0595 e. The van der Waals surface area contributed by atoms with Crippen LogP contribution in [-0.4, -0.2) is 7.05 Å². The first-order valence-corrected chi connectivity index (χ1v) is 7.58. The van der Waals surface area contributed by atoms with Crippen LogP contribution < -0.4 is 5.32 Å². The molecule has 0 saturated heterocycles. The van der Waals surface area contributed by atoms with Crippen LogP contribution in [0.3, 0.4) is 0 Å². The Kier molecular flexibility index (Phi) is 5.35. The van der Waals surface area contributed by atoms with E-state index in [1.54, 1.807) is 0 Å². The highest BCUT2D eigenvalue weighted by Gasteiger charge is 2.18. The molecule has 1 aromatic carbocycles. The van der Waals surface area contributed by atoms with E-state index in [9.17, 15) is 0 Å². The van der Waals surface area contributed by atoms with Gasteiger partial charge in [-0.1, -0.05) is 55.0 Å². The summed E-state index contributed by atoms with van der Waals surface area (Å²) in [6.07, 6.45) is 8.16. The van der Waals surface area contributed by atoms with Gasteiger partial charge in [0.1, 0.15) is 0 Å². The third-order valence-electron chi connectivity index (χ3n) is 4.03. The van der Waals surface area contributed by atoms with E-state index >= 15 is 0 Å². The molecule has 0 spiro atoms. The maximum Gasteiger partial charge on any atom is 0.0595 e. The van der Waals surface area contributed by atoms with Crippen LogP contribution in [0.5, 0.6) is 0 Å². The lowest BCUT2D eigenvalue weighted by Crippen LogP contribution is -2.17. The standard InChI is InChI=1S/C15H21Cl2N/c1-18-15(9-6-11-4-2-3-5-11)12-7-8-13(16)14(17)10-12/h7-8,10-11,15,18H,2-6,9H2,1H3. The zero-order valence-electron chi connectivity index (χ0n) is 10.9. The molecule has 1 atom stereocenters. The van der Waals surface area contributed by atoms with Crippen LogP contribution >= 0.6 is 23.2 Å². The van der Waals surface area contributed by atoms with Gasteiger partial charge in [-0.3, -0.25) is 0 Å². The van der Waals surface area contributed by atoms with Gasteiger partial charge in [0, 0.05) is 6.04 Å². The van der Waals surface area contributed by atoms with Crippen molar-refractivity contribution in [3.63, 3.8) is 0 Å². The maximum absolute atomic E-state index is 6.08. The van der Waals surface area contributed by atoms with Crippen molar-refractivity contribution in [2.75, 3.05) is 7.05 Å². The minimum absolute atomic E-state index is 0.389. The first-order chi connectivity index (χ1) is 8.70. The average Bonchev–Trinajstić information content (AvgIpc) is 2.87. The molecule has 3 heteroatoms. The topological polar surface area (TPSA) is 12.0 Å². The summed E-state index contributed by atoms with van der Waals surface area (Å²) in [4.78, 5) is 0. The molecule has 1 N–H and O–H groups in total. The van der Waals surface area contributed by atoms with Crippen LogP contribution in [0.25, 0.3) is 0 Å². The molecule has 1 saturated carbocycles. The second kappa shape index (κ2) is 6.79. The number of hydrogen-bond acceptors (Lipinski definition) is 1. The van der Waals surface area contributed by atoms with Crippen molar-refractivity contribution in [2.45, 2.75) is 44.6 Å². The predicted octanol–water partition coefficient (Wildman–Crippen LogP) is 5.22. The van der Waals surface area contributed by atoms with Crippen LogP contribution in [-0.2, 0) is 0 Å². The molecule has 0 aromatic heterocycles. The fourth-order valence-corrected chi connectivity index (χ4v) is 3.21. The molecular formula is C15H21Cl2N. The van der Waals surface area contributed by atoms with E-state index in [0.29, 0.717) is 16.1 Å². The first kappa shape index (κ1) is 14.2. The highest BCUT2D eigenvalue weighted by Crippen LogP contribution is 2.32. The molecule has 0 heterocycles. The van der Waals surface area contributed by atoms with E-state index in [2.05, 4.69) is 11.4 Å². The minimum Gasteiger partial charge on any atom is -0.313 e. The summed E-state index contributed by atoms with van der Waals surface area (Å²) < 4.78 is 0. The fourth-order valence-electron chi connectivity index (χ4n) is 2.91. The second-order valence-corrected chi connectivity index (χ2v) is 6.06. The van der Waals surface area contributed by atoms with Crippen LogP contribution in [0, 0.1) is 5.92 Å². The predicted molar refractivity (Wildman–Crippen MR) is 79.5 cm³/mol. The molecule has 1 aromatic rings. The second-order valence-electron chi connectivity index (χ2n) is 5.24. The van der Waals surface area contributed by atoms with Crippen molar-refractivity contribution in [1.82, 2.24) is 5.32 Å². The van der Waals surface area contributed by atoms with Crippen molar-refractivity contribution in [3.05, 3.63) is 33.8 Å². The van der Waals surface area contributed by atoms with Gasteiger partial charge in [-0.05, 0) is 43.5 Å². The molecule has 0 aliphatic heterocycles. The Morgan fingerprint density at radius 2 is 1.94 bits per heavy atom. The molecule has 1 aliphatic rings. The Hall–Kier alpha value is -0.240. The van der Waals surface area contributed by atoms with Crippen molar-refractivity contribution < 1.29 is 0 Å². The third-order valence-corrected chi connectivity index (χ3v) is 4.77. The monoisotopic (exact) mass is 285 g/mol. The van der Waals surface area contributed by atoms with Gasteiger partial charge in [-0.15, -0.1) is 0 Å². The Morgan fingerprint density at radius 3 is 2.56 bits per heavy atom. The van der Waals surface area contributed by atoms with Gasteiger partial charge in [0.25, 0.3) is 0 Å². The lowest BCUT2D eigenvalue weighted by molar-refractivity contribution is 0.427. The minimum atomic E-state index is 0.389. The lowest BCUT2D eigenvalue weighted by Gasteiger charge is -2.19. The van der Waals surface area contributed by atoms with Gasteiger partial charge < -0.3 is 5.32 Å². The van der Waals surface area contributed by atoms with Crippen LogP contribution in [0.1, 0.15) is 50.1 Å². The lowest BCUT2D eigenvalue weighted by atomic mass is 9.95. The molecule has 0 radical (unpaired) electrons. The Labute approximate surface area is 120 Å². The summed E-state index contributed by atoms with van der Waals surface area (Å²) in [5, 5.41) is 4.67. The van der Waals surface area contributed by atoms with Gasteiger partial charge >= 0.3 is 0 Å². The largest absolute Gasteiger partial charge is 0.313 e. The highest BCUT2D eigenvalue weighted by atomic mass is 35.5. The summed E-state index contributed by atoms with van der Waals surface area (Å²) in [6.45, 7) is 0. The van der Waals surface area contributed by atoms with Gasteiger partial charge in [0.2, 0.25) is 0 Å². The normalized spacial score (nSPS) is 18.2.